The van der Waals surface area contributed by atoms with E-state index in [0.717, 1.165) is 11.3 Å². The lowest BCUT2D eigenvalue weighted by atomic mass is 10.1. The molecule has 0 N–H and O–H groups in total. The standard InChI is InChI=1S/C18H22N4O2S/c1-18(2,3)22-12-14(10-20-22)13-25(23,24)17-19-11-16(21(17)4)15-8-6-5-7-9-15/h5-12H,13H2,1-4H3. The second-order valence-electron chi connectivity index (χ2n) is 7.07. The van der Waals surface area contributed by atoms with E-state index >= 15 is 0 Å². The first-order valence-corrected chi connectivity index (χ1v) is 9.67. The SMILES string of the molecule is Cn1c(-c2ccccc2)cnc1S(=O)(=O)Cc1cnn(C(C)(C)C)c1. The molecule has 0 atom stereocenters. The van der Waals surface area contributed by atoms with E-state index < -0.39 is 9.84 Å². The number of hydrogen-bond acceptors (Lipinski definition) is 4. The molecule has 0 radical (unpaired) electrons. The molecule has 0 saturated heterocycles. The summed E-state index contributed by atoms with van der Waals surface area (Å²) in [4.78, 5) is 4.16. The largest absolute Gasteiger partial charge is 0.318 e. The highest BCUT2D eigenvalue weighted by atomic mass is 32.2. The summed E-state index contributed by atoms with van der Waals surface area (Å²) in [6.07, 6.45) is 4.98. The molecule has 7 heteroatoms. The van der Waals surface area contributed by atoms with Gasteiger partial charge in [-0.3, -0.25) is 4.68 Å². The Morgan fingerprint density at radius 3 is 2.36 bits per heavy atom. The zero-order chi connectivity index (χ0) is 18.2. The van der Waals surface area contributed by atoms with E-state index in [1.807, 2.05) is 51.1 Å². The van der Waals surface area contributed by atoms with Gasteiger partial charge in [0, 0.05) is 18.8 Å². The normalized spacial score (nSPS) is 12.5. The van der Waals surface area contributed by atoms with E-state index in [9.17, 15) is 8.42 Å². The quantitative estimate of drug-likeness (QED) is 0.719. The van der Waals surface area contributed by atoms with Gasteiger partial charge in [-0.1, -0.05) is 30.3 Å². The summed E-state index contributed by atoms with van der Waals surface area (Å²) < 4.78 is 29.0. The fourth-order valence-electron chi connectivity index (χ4n) is 2.64. The molecule has 0 bridgehead atoms. The van der Waals surface area contributed by atoms with Crippen molar-refractivity contribution in [3.05, 3.63) is 54.5 Å². The average Bonchev–Trinajstić information content (AvgIpc) is 3.14. The van der Waals surface area contributed by atoms with Gasteiger partial charge in [-0.2, -0.15) is 5.10 Å². The van der Waals surface area contributed by atoms with Crippen LogP contribution in [-0.4, -0.2) is 27.7 Å². The van der Waals surface area contributed by atoms with Gasteiger partial charge in [0.15, 0.2) is 0 Å². The summed E-state index contributed by atoms with van der Waals surface area (Å²) >= 11 is 0. The molecule has 3 aromatic rings. The summed E-state index contributed by atoms with van der Waals surface area (Å²) in [5.41, 5.74) is 2.16. The van der Waals surface area contributed by atoms with Crippen molar-refractivity contribution in [2.24, 2.45) is 7.05 Å². The number of rotatable bonds is 4. The Hall–Kier alpha value is -2.41. The maximum atomic E-state index is 12.8. The first kappa shape index (κ1) is 17.4. The topological polar surface area (TPSA) is 69.8 Å². The molecule has 0 fully saturated rings. The summed E-state index contributed by atoms with van der Waals surface area (Å²) in [6, 6.07) is 9.61. The van der Waals surface area contributed by atoms with Gasteiger partial charge < -0.3 is 4.57 Å². The average molecular weight is 358 g/mol. The molecule has 0 unspecified atom stereocenters. The van der Waals surface area contributed by atoms with Gasteiger partial charge in [-0.15, -0.1) is 0 Å². The van der Waals surface area contributed by atoms with Crippen LogP contribution in [0.1, 0.15) is 26.3 Å². The first-order valence-electron chi connectivity index (χ1n) is 8.02. The van der Waals surface area contributed by atoms with Crippen molar-refractivity contribution in [3.8, 4) is 11.3 Å². The molecular formula is C18H22N4O2S. The van der Waals surface area contributed by atoms with Crippen molar-refractivity contribution < 1.29 is 8.42 Å². The van der Waals surface area contributed by atoms with Crippen molar-refractivity contribution in [2.75, 3.05) is 0 Å². The van der Waals surface area contributed by atoms with Crippen LogP contribution in [0.5, 0.6) is 0 Å². The molecular weight excluding hydrogens is 336 g/mol. The van der Waals surface area contributed by atoms with Gasteiger partial charge in [-0.25, -0.2) is 13.4 Å². The maximum Gasteiger partial charge on any atom is 0.228 e. The van der Waals surface area contributed by atoms with E-state index in [2.05, 4.69) is 10.1 Å². The minimum Gasteiger partial charge on any atom is -0.318 e. The number of hydrogen-bond donors (Lipinski definition) is 0. The molecule has 0 amide bonds. The molecule has 0 aliphatic rings. The number of imidazole rings is 1. The highest BCUT2D eigenvalue weighted by Crippen LogP contribution is 2.24. The minimum atomic E-state index is -3.56. The van der Waals surface area contributed by atoms with E-state index in [1.54, 1.807) is 34.9 Å². The monoisotopic (exact) mass is 358 g/mol. The van der Waals surface area contributed by atoms with Crippen LogP contribution in [0, 0.1) is 0 Å². The highest BCUT2D eigenvalue weighted by Gasteiger charge is 2.24. The number of nitrogens with zero attached hydrogens (tertiary/aromatic N) is 4. The van der Waals surface area contributed by atoms with Crippen molar-refractivity contribution >= 4 is 9.84 Å². The molecule has 2 aromatic heterocycles. The second-order valence-corrected chi connectivity index (χ2v) is 8.96. The Balaban J connectivity index is 1.91. The van der Waals surface area contributed by atoms with Crippen molar-refractivity contribution in [1.82, 2.24) is 19.3 Å². The summed E-state index contributed by atoms with van der Waals surface area (Å²) in [6.45, 7) is 6.05. The molecule has 2 heterocycles. The van der Waals surface area contributed by atoms with Gasteiger partial charge in [0.1, 0.15) is 0 Å². The smallest absolute Gasteiger partial charge is 0.228 e. The first-order chi connectivity index (χ1) is 11.7. The maximum absolute atomic E-state index is 12.8. The Labute approximate surface area is 148 Å². The van der Waals surface area contributed by atoms with Crippen LogP contribution in [0.4, 0.5) is 0 Å². The number of aromatic nitrogens is 4. The molecule has 3 rings (SSSR count). The van der Waals surface area contributed by atoms with Gasteiger partial charge >= 0.3 is 0 Å². The van der Waals surface area contributed by atoms with Crippen LogP contribution in [0.15, 0.2) is 54.1 Å². The lowest BCUT2D eigenvalue weighted by molar-refractivity contribution is 0.355. The molecule has 0 aliphatic heterocycles. The van der Waals surface area contributed by atoms with Gasteiger partial charge in [0.05, 0.1) is 29.4 Å². The van der Waals surface area contributed by atoms with Crippen LogP contribution in [0.3, 0.4) is 0 Å². The molecule has 0 saturated carbocycles. The zero-order valence-corrected chi connectivity index (χ0v) is 15.7. The van der Waals surface area contributed by atoms with Crippen LogP contribution >= 0.6 is 0 Å². The van der Waals surface area contributed by atoms with Crippen LogP contribution in [-0.2, 0) is 28.2 Å². The Morgan fingerprint density at radius 2 is 1.76 bits per heavy atom. The van der Waals surface area contributed by atoms with Gasteiger partial charge in [-0.05, 0) is 26.3 Å². The van der Waals surface area contributed by atoms with Gasteiger partial charge in [0.25, 0.3) is 0 Å². The molecule has 0 spiro atoms. The van der Waals surface area contributed by atoms with Crippen molar-refractivity contribution in [2.45, 2.75) is 37.2 Å². The van der Waals surface area contributed by atoms with E-state index in [4.69, 9.17) is 0 Å². The third-order valence-electron chi connectivity index (χ3n) is 3.97. The Morgan fingerprint density at radius 1 is 1.08 bits per heavy atom. The van der Waals surface area contributed by atoms with E-state index in [0.29, 0.717) is 5.56 Å². The third kappa shape index (κ3) is 3.51. The lowest BCUT2D eigenvalue weighted by Gasteiger charge is -2.18. The van der Waals surface area contributed by atoms with Crippen molar-refractivity contribution in [3.63, 3.8) is 0 Å². The lowest BCUT2D eigenvalue weighted by Crippen LogP contribution is -2.22. The number of sulfone groups is 1. The van der Waals surface area contributed by atoms with Crippen LogP contribution in [0.2, 0.25) is 0 Å². The minimum absolute atomic E-state index is 0.0647. The van der Waals surface area contributed by atoms with E-state index in [-0.39, 0.29) is 16.4 Å². The predicted molar refractivity (Wildman–Crippen MR) is 96.8 cm³/mol. The predicted octanol–water partition coefficient (Wildman–Crippen LogP) is 3.01. The molecule has 25 heavy (non-hydrogen) atoms. The summed E-state index contributed by atoms with van der Waals surface area (Å²) in [5.74, 6) is -0.123. The fourth-order valence-corrected chi connectivity index (χ4v) is 4.09. The molecule has 0 aliphatic carbocycles. The highest BCUT2D eigenvalue weighted by molar-refractivity contribution is 7.90. The third-order valence-corrected chi connectivity index (χ3v) is 5.62. The van der Waals surface area contributed by atoms with E-state index in [1.165, 1.54) is 0 Å². The summed E-state index contributed by atoms with van der Waals surface area (Å²) in [7, 11) is -1.84. The van der Waals surface area contributed by atoms with Crippen molar-refractivity contribution in [1.29, 1.82) is 0 Å². The zero-order valence-electron chi connectivity index (χ0n) is 14.8. The fraction of sp³-hybridized carbons (Fsp3) is 0.333. The summed E-state index contributed by atoms with van der Waals surface area (Å²) in [5, 5.41) is 4.33. The van der Waals surface area contributed by atoms with Gasteiger partial charge in [0.2, 0.25) is 15.0 Å². The molecule has 1 aromatic carbocycles. The Kier molecular flexibility index (Phi) is 4.28. The van der Waals surface area contributed by atoms with Crippen LogP contribution in [0.25, 0.3) is 11.3 Å². The molecule has 132 valence electrons. The second kappa shape index (κ2) is 6.15. The van der Waals surface area contributed by atoms with Crippen LogP contribution < -0.4 is 0 Å². The Bertz CT molecular complexity index is 980. The molecule has 6 nitrogen and oxygen atoms in total. The number of benzene rings is 1.